The first kappa shape index (κ1) is 26.1. The number of rotatable bonds is 8. The molecule has 2 aromatic carbocycles. The topological polar surface area (TPSA) is 180 Å². The van der Waals surface area contributed by atoms with Gasteiger partial charge in [0.2, 0.25) is 11.8 Å². The lowest BCUT2D eigenvalue weighted by atomic mass is 9.97. The molecule has 35 heavy (non-hydrogen) atoms. The molecular formula is C24H28N2O9. The van der Waals surface area contributed by atoms with E-state index in [1.165, 1.54) is 35.3 Å². The van der Waals surface area contributed by atoms with Gasteiger partial charge < -0.3 is 45.6 Å². The van der Waals surface area contributed by atoms with E-state index < -0.39 is 55.6 Å². The van der Waals surface area contributed by atoms with Gasteiger partial charge in [0, 0.05) is 12.6 Å². The number of aliphatic hydroxyl groups excluding tert-OH is 4. The van der Waals surface area contributed by atoms with Crippen molar-refractivity contribution < 1.29 is 45.0 Å². The number of nitrogens with one attached hydrogen (secondary N) is 1. The average molecular weight is 488 g/mol. The Morgan fingerprint density at radius 2 is 1.71 bits per heavy atom. The summed E-state index contributed by atoms with van der Waals surface area (Å²) in [5.41, 5.74) is 1.18. The second kappa shape index (κ2) is 11.8. The summed E-state index contributed by atoms with van der Waals surface area (Å²) in [6.07, 6.45) is -3.44. The summed E-state index contributed by atoms with van der Waals surface area (Å²) in [5, 5.41) is 60.9. The zero-order chi connectivity index (χ0) is 25.5. The van der Waals surface area contributed by atoms with Gasteiger partial charge in [0.15, 0.2) is 17.8 Å². The van der Waals surface area contributed by atoms with E-state index in [0.717, 1.165) is 5.56 Å². The first-order chi connectivity index (χ1) is 16.7. The highest BCUT2D eigenvalue weighted by Gasteiger charge is 2.44. The minimum absolute atomic E-state index is 0.0692. The van der Waals surface area contributed by atoms with Crippen LogP contribution in [0.15, 0.2) is 54.6 Å². The number of nitrogens with zero attached hydrogens (tertiary/aromatic N) is 1. The minimum Gasteiger partial charge on any atom is -0.504 e. The van der Waals surface area contributed by atoms with Gasteiger partial charge in [0.25, 0.3) is 0 Å². The van der Waals surface area contributed by atoms with E-state index in [1.54, 1.807) is 30.3 Å². The number of aromatic hydroxyl groups is 2. The Kier molecular flexibility index (Phi) is 8.79. The van der Waals surface area contributed by atoms with E-state index >= 15 is 0 Å². The Hall–Kier alpha value is -3.48. The summed E-state index contributed by atoms with van der Waals surface area (Å²) in [5.74, 6) is -1.93. The number of ether oxygens (including phenoxy) is 1. The molecular weight excluding hydrogens is 460 g/mol. The van der Waals surface area contributed by atoms with E-state index in [9.17, 15) is 40.2 Å². The van der Waals surface area contributed by atoms with Gasteiger partial charge in [-0.2, -0.15) is 0 Å². The number of hydrogen-bond acceptors (Lipinski definition) is 9. The van der Waals surface area contributed by atoms with Gasteiger partial charge in [-0.05, 0) is 29.3 Å². The van der Waals surface area contributed by atoms with Crippen molar-refractivity contribution in [1.29, 1.82) is 0 Å². The van der Waals surface area contributed by atoms with E-state index in [1.807, 2.05) is 0 Å². The quantitative estimate of drug-likeness (QED) is 0.182. The highest BCUT2D eigenvalue weighted by Crippen LogP contribution is 2.25. The predicted octanol–water partition coefficient (Wildman–Crippen LogP) is -0.944. The van der Waals surface area contributed by atoms with Crippen LogP contribution in [0.1, 0.15) is 11.1 Å². The summed E-state index contributed by atoms with van der Waals surface area (Å²) in [6, 6.07) is 11.5. The molecule has 0 bridgehead atoms. The summed E-state index contributed by atoms with van der Waals surface area (Å²) in [4.78, 5) is 26.9. The molecule has 2 amide bonds. The lowest BCUT2D eigenvalue weighted by molar-refractivity contribution is -0.253. The van der Waals surface area contributed by atoms with Gasteiger partial charge in [0.1, 0.15) is 30.9 Å². The first-order valence-electron chi connectivity index (χ1n) is 10.8. The standard InChI is InChI=1S/C24H28N2O9/c27-13-18-22(32)23(33)21(24(34)35-18)25-19(30)12-26(11-15-4-2-1-3-5-15)20(31)9-7-14-6-8-16(28)17(29)10-14/h1-10,18,21-24,27-29,32-34H,11-13H2,(H,25,30)/b9-7+/t18-,21-,22-,23-,24-/m1/s1. The van der Waals surface area contributed by atoms with Crippen LogP contribution >= 0.6 is 0 Å². The number of carbonyl (C=O) groups is 2. The van der Waals surface area contributed by atoms with Gasteiger partial charge in [-0.1, -0.05) is 36.4 Å². The Labute approximate surface area is 201 Å². The van der Waals surface area contributed by atoms with Crippen LogP contribution in [0.25, 0.3) is 6.08 Å². The SMILES string of the molecule is O=C(CN(Cc1ccccc1)C(=O)/C=C/c1ccc(O)c(O)c1)N[C@@H]1[C@@H](O)[C@H](O)[C@@H](CO)O[C@H]1O. The fourth-order valence-corrected chi connectivity index (χ4v) is 3.59. The number of phenolic OH excluding ortho intramolecular Hbond substituents is 2. The molecule has 0 spiro atoms. The van der Waals surface area contributed by atoms with Crippen LogP contribution in [0.3, 0.4) is 0 Å². The van der Waals surface area contributed by atoms with E-state index in [-0.39, 0.29) is 18.0 Å². The van der Waals surface area contributed by atoms with Crippen LogP contribution in [0.5, 0.6) is 11.5 Å². The van der Waals surface area contributed by atoms with Gasteiger partial charge >= 0.3 is 0 Å². The Morgan fingerprint density at radius 1 is 1.00 bits per heavy atom. The molecule has 1 aliphatic rings. The number of carbonyl (C=O) groups excluding carboxylic acids is 2. The zero-order valence-electron chi connectivity index (χ0n) is 18.6. The zero-order valence-corrected chi connectivity index (χ0v) is 18.6. The van der Waals surface area contributed by atoms with Gasteiger partial charge in [-0.25, -0.2) is 0 Å². The number of hydrogen-bond donors (Lipinski definition) is 7. The smallest absolute Gasteiger partial charge is 0.247 e. The molecule has 1 fully saturated rings. The molecule has 5 atom stereocenters. The number of benzene rings is 2. The molecule has 1 aliphatic heterocycles. The number of aliphatic hydroxyl groups is 4. The molecule has 11 nitrogen and oxygen atoms in total. The lowest BCUT2D eigenvalue weighted by Gasteiger charge is -2.40. The number of phenols is 2. The lowest BCUT2D eigenvalue weighted by Crippen LogP contribution is -2.64. The van der Waals surface area contributed by atoms with E-state index in [2.05, 4.69) is 5.32 Å². The third kappa shape index (κ3) is 6.78. The fraction of sp³-hybridized carbons (Fsp3) is 0.333. The summed E-state index contributed by atoms with van der Waals surface area (Å²) >= 11 is 0. The highest BCUT2D eigenvalue weighted by molar-refractivity contribution is 5.94. The summed E-state index contributed by atoms with van der Waals surface area (Å²) in [6.45, 7) is -1.02. The minimum atomic E-state index is -1.69. The Bertz CT molecular complexity index is 1050. The van der Waals surface area contributed by atoms with Crippen molar-refractivity contribution in [2.45, 2.75) is 37.2 Å². The Balaban J connectivity index is 1.72. The summed E-state index contributed by atoms with van der Waals surface area (Å²) < 4.78 is 5.04. The molecule has 1 heterocycles. The largest absolute Gasteiger partial charge is 0.504 e. The molecule has 0 saturated carbocycles. The fourth-order valence-electron chi connectivity index (χ4n) is 3.59. The van der Waals surface area contributed by atoms with Crippen LogP contribution < -0.4 is 5.32 Å². The van der Waals surface area contributed by atoms with Crippen molar-refractivity contribution in [2.75, 3.05) is 13.2 Å². The van der Waals surface area contributed by atoms with Gasteiger partial charge in [-0.3, -0.25) is 9.59 Å². The third-order valence-electron chi connectivity index (χ3n) is 5.51. The van der Waals surface area contributed by atoms with Crippen molar-refractivity contribution in [3.05, 3.63) is 65.7 Å². The maximum Gasteiger partial charge on any atom is 0.247 e. The maximum absolute atomic E-state index is 12.9. The van der Waals surface area contributed by atoms with Crippen molar-refractivity contribution in [2.24, 2.45) is 0 Å². The second-order valence-electron chi connectivity index (χ2n) is 8.08. The molecule has 2 aromatic rings. The van der Waals surface area contributed by atoms with Crippen molar-refractivity contribution >= 4 is 17.9 Å². The molecule has 188 valence electrons. The molecule has 3 rings (SSSR count). The van der Waals surface area contributed by atoms with Crippen LogP contribution in [0.4, 0.5) is 0 Å². The highest BCUT2D eigenvalue weighted by atomic mass is 16.6. The van der Waals surface area contributed by atoms with Crippen molar-refractivity contribution in [3.63, 3.8) is 0 Å². The number of amides is 2. The summed E-state index contributed by atoms with van der Waals surface area (Å²) in [7, 11) is 0. The van der Waals surface area contributed by atoms with Crippen LogP contribution in [0.2, 0.25) is 0 Å². The normalized spacial score (nSPS) is 24.3. The Morgan fingerprint density at radius 3 is 2.37 bits per heavy atom. The average Bonchev–Trinajstić information content (AvgIpc) is 2.84. The van der Waals surface area contributed by atoms with Gasteiger partial charge in [0.05, 0.1) is 6.61 Å². The molecule has 7 N–H and O–H groups in total. The van der Waals surface area contributed by atoms with E-state index in [0.29, 0.717) is 5.56 Å². The second-order valence-corrected chi connectivity index (χ2v) is 8.08. The van der Waals surface area contributed by atoms with Crippen molar-refractivity contribution in [1.82, 2.24) is 10.2 Å². The molecule has 1 saturated heterocycles. The monoisotopic (exact) mass is 488 g/mol. The van der Waals surface area contributed by atoms with Crippen molar-refractivity contribution in [3.8, 4) is 11.5 Å². The van der Waals surface area contributed by atoms with Crippen LogP contribution in [-0.2, 0) is 20.9 Å². The third-order valence-corrected chi connectivity index (χ3v) is 5.51. The van der Waals surface area contributed by atoms with E-state index in [4.69, 9.17) is 4.74 Å². The molecule has 0 aliphatic carbocycles. The van der Waals surface area contributed by atoms with Crippen LogP contribution in [0, 0.1) is 0 Å². The molecule has 0 radical (unpaired) electrons. The first-order valence-corrected chi connectivity index (χ1v) is 10.8. The van der Waals surface area contributed by atoms with Crippen LogP contribution in [-0.4, -0.2) is 91.1 Å². The maximum atomic E-state index is 12.9. The molecule has 11 heteroatoms. The predicted molar refractivity (Wildman–Crippen MR) is 123 cm³/mol. The molecule has 0 aromatic heterocycles. The molecule has 0 unspecified atom stereocenters. The van der Waals surface area contributed by atoms with Gasteiger partial charge in [-0.15, -0.1) is 0 Å².